The lowest BCUT2D eigenvalue weighted by Gasteiger charge is -2.09. The van der Waals surface area contributed by atoms with Crippen molar-refractivity contribution in [3.8, 4) is 0 Å². The second-order valence-electron chi connectivity index (χ2n) is 4.31. The van der Waals surface area contributed by atoms with Gasteiger partial charge in [0.2, 0.25) is 0 Å². The molecule has 2 atom stereocenters. The summed E-state index contributed by atoms with van der Waals surface area (Å²) in [5, 5.41) is 0. The smallest absolute Gasteiger partial charge is 0.120 e. The van der Waals surface area contributed by atoms with E-state index < -0.39 is 0 Å². The molecule has 1 nitrogen and oxygen atoms in total. The van der Waals surface area contributed by atoms with Gasteiger partial charge >= 0.3 is 0 Å². The summed E-state index contributed by atoms with van der Waals surface area (Å²) in [6.07, 6.45) is 8.27. The highest BCUT2D eigenvalue weighted by molar-refractivity contribution is 5.49. The molecule has 0 aliphatic heterocycles. The second kappa shape index (κ2) is 8.28. The Labute approximate surface area is 82.9 Å². The predicted molar refractivity (Wildman–Crippen MR) is 57.8 cm³/mol. The molecule has 0 saturated carbocycles. The molecule has 0 saturated heterocycles. The van der Waals surface area contributed by atoms with E-state index in [4.69, 9.17) is 0 Å². The summed E-state index contributed by atoms with van der Waals surface area (Å²) in [5.74, 6) is 1.47. The van der Waals surface area contributed by atoms with Crippen molar-refractivity contribution in [3.05, 3.63) is 0 Å². The average molecular weight is 184 g/mol. The lowest BCUT2D eigenvalue weighted by Crippen LogP contribution is -1.97. The molecular formula is C12H24O. The number of carbonyl (C=O) groups is 1. The molecule has 0 amide bonds. The van der Waals surface area contributed by atoms with Crippen molar-refractivity contribution in [1.82, 2.24) is 0 Å². The van der Waals surface area contributed by atoms with Crippen molar-refractivity contribution >= 4 is 6.29 Å². The van der Waals surface area contributed by atoms with Gasteiger partial charge in [-0.05, 0) is 11.8 Å². The molecule has 13 heavy (non-hydrogen) atoms. The summed E-state index contributed by atoms with van der Waals surface area (Å²) in [4.78, 5) is 10.2. The van der Waals surface area contributed by atoms with E-state index >= 15 is 0 Å². The minimum Gasteiger partial charge on any atom is -0.303 e. The first-order chi connectivity index (χ1) is 6.20. The fourth-order valence-corrected chi connectivity index (χ4v) is 1.47. The van der Waals surface area contributed by atoms with Crippen LogP contribution in [0.1, 0.15) is 59.3 Å². The van der Waals surface area contributed by atoms with Crippen LogP contribution in [0.2, 0.25) is 0 Å². The van der Waals surface area contributed by atoms with Crippen LogP contribution in [-0.2, 0) is 4.79 Å². The van der Waals surface area contributed by atoms with Crippen LogP contribution in [0.3, 0.4) is 0 Å². The zero-order valence-corrected chi connectivity index (χ0v) is 9.38. The van der Waals surface area contributed by atoms with Crippen LogP contribution in [-0.4, -0.2) is 6.29 Å². The van der Waals surface area contributed by atoms with Crippen LogP contribution in [0.15, 0.2) is 0 Å². The summed E-state index contributed by atoms with van der Waals surface area (Å²) in [6, 6.07) is 0. The van der Waals surface area contributed by atoms with E-state index in [2.05, 4.69) is 20.8 Å². The van der Waals surface area contributed by atoms with Crippen LogP contribution in [0.4, 0.5) is 0 Å². The normalized spacial score (nSPS) is 15.3. The van der Waals surface area contributed by atoms with Crippen molar-refractivity contribution in [2.24, 2.45) is 11.8 Å². The summed E-state index contributed by atoms with van der Waals surface area (Å²) >= 11 is 0. The highest BCUT2D eigenvalue weighted by Crippen LogP contribution is 2.16. The fraction of sp³-hybridized carbons (Fsp3) is 0.917. The van der Waals surface area contributed by atoms with Crippen LogP contribution in [0.5, 0.6) is 0 Å². The highest BCUT2D eigenvalue weighted by atomic mass is 16.1. The molecule has 0 spiro atoms. The molecule has 0 heterocycles. The molecule has 0 aromatic rings. The first-order valence-electron chi connectivity index (χ1n) is 5.64. The Balaban J connectivity index is 3.19. The quantitative estimate of drug-likeness (QED) is 0.414. The molecule has 0 radical (unpaired) electrons. The number of hydrogen-bond acceptors (Lipinski definition) is 1. The Kier molecular flexibility index (Phi) is 8.07. The molecule has 1 heteroatoms. The van der Waals surface area contributed by atoms with Gasteiger partial charge < -0.3 is 4.79 Å². The summed E-state index contributed by atoms with van der Waals surface area (Å²) in [5.41, 5.74) is 0. The maximum Gasteiger partial charge on any atom is 0.120 e. The highest BCUT2D eigenvalue weighted by Gasteiger charge is 2.02. The molecule has 0 bridgehead atoms. The third-order valence-electron chi connectivity index (χ3n) is 2.84. The number of rotatable bonds is 8. The maximum atomic E-state index is 10.2. The lowest BCUT2D eigenvalue weighted by atomic mass is 9.96. The molecule has 78 valence electrons. The van der Waals surface area contributed by atoms with E-state index in [-0.39, 0.29) is 0 Å². The zero-order chi connectivity index (χ0) is 10.1. The largest absolute Gasteiger partial charge is 0.303 e. The Bertz CT molecular complexity index is 120. The van der Waals surface area contributed by atoms with Gasteiger partial charge in [0.25, 0.3) is 0 Å². The van der Waals surface area contributed by atoms with Gasteiger partial charge in [0, 0.05) is 6.42 Å². The number of hydrogen-bond donors (Lipinski definition) is 0. The Morgan fingerprint density at radius 2 is 1.62 bits per heavy atom. The summed E-state index contributed by atoms with van der Waals surface area (Å²) in [6.45, 7) is 6.73. The Morgan fingerprint density at radius 1 is 1.08 bits per heavy atom. The van der Waals surface area contributed by atoms with Crippen LogP contribution < -0.4 is 0 Å². The predicted octanol–water partition coefficient (Wildman–Crippen LogP) is 3.82. The van der Waals surface area contributed by atoms with Crippen molar-refractivity contribution in [2.45, 2.75) is 59.3 Å². The monoisotopic (exact) mass is 184 g/mol. The second-order valence-corrected chi connectivity index (χ2v) is 4.31. The van der Waals surface area contributed by atoms with Crippen LogP contribution >= 0.6 is 0 Å². The van der Waals surface area contributed by atoms with Gasteiger partial charge in [-0.1, -0.05) is 52.9 Å². The fourth-order valence-electron chi connectivity index (χ4n) is 1.47. The average Bonchev–Trinajstić information content (AvgIpc) is 2.12. The number of carbonyl (C=O) groups excluding carboxylic acids is 1. The van der Waals surface area contributed by atoms with Crippen molar-refractivity contribution in [3.63, 3.8) is 0 Å². The van der Waals surface area contributed by atoms with Gasteiger partial charge in [0.1, 0.15) is 6.29 Å². The third kappa shape index (κ3) is 8.01. The molecule has 0 N–H and O–H groups in total. The van der Waals surface area contributed by atoms with E-state index in [9.17, 15) is 4.79 Å². The van der Waals surface area contributed by atoms with Gasteiger partial charge in [-0.15, -0.1) is 0 Å². The molecule has 0 rings (SSSR count). The SMILES string of the molecule is CCC(C)CCCCC(C)CC=O. The number of unbranched alkanes of at least 4 members (excludes halogenated alkanes) is 1. The van der Waals surface area contributed by atoms with E-state index in [0.717, 1.165) is 18.6 Å². The third-order valence-corrected chi connectivity index (χ3v) is 2.84. The molecule has 0 aliphatic rings. The first-order valence-corrected chi connectivity index (χ1v) is 5.64. The minimum absolute atomic E-state index is 0.592. The first kappa shape index (κ1) is 12.7. The molecule has 0 fully saturated rings. The Morgan fingerprint density at radius 3 is 2.08 bits per heavy atom. The Hall–Kier alpha value is -0.330. The van der Waals surface area contributed by atoms with E-state index in [0.29, 0.717) is 5.92 Å². The van der Waals surface area contributed by atoms with Crippen LogP contribution in [0.25, 0.3) is 0 Å². The maximum absolute atomic E-state index is 10.2. The molecule has 2 unspecified atom stereocenters. The summed E-state index contributed by atoms with van der Waals surface area (Å²) < 4.78 is 0. The zero-order valence-electron chi connectivity index (χ0n) is 9.38. The minimum atomic E-state index is 0.592. The molecule has 0 aliphatic carbocycles. The van der Waals surface area contributed by atoms with Gasteiger partial charge in [0.15, 0.2) is 0 Å². The van der Waals surface area contributed by atoms with Gasteiger partial charge in [-0.3, -0.25) is 0 Å². The molecular weight excluding hydrogens is 160 g/mol. The van der Waals surface area contributed by atoms with E-state index in [1.165, 1.54) is 32.1 Å². The van der Waals surface area contributed by atoms with Crippen molar-refractivity contribution in [2.75, 3.05) is 0 Å². The van der Waals surface area contributed by atoms with Crippen molar-refractivity contribution in [1.29, 1.82) is 0 Å². The van der Waals surface area contributed by atoms with Gasteiger partial charge in [-0.25, -0.2) is 0 Å². The molecule has 0 aromatic heterocycles. The van der Waals surface area contributed by atoms with Gasteiger partial charge in [-0.2, -0.15) is 0 Å². The van der Waals surface area contributed by atoms with Crippen LogP contribution in [0, 0.1) is 11.8 Å². The van der Waals surface area contributed by atoms with Gasteiger partial charge in [0.05, 0.1) is 0 Å². The molecule has 0 aromatic carbocycles. The van der Waals surface area contributed by atoms with Crippen molar-refractivity contribution < 1.29 is 4.79 Å². The summed E-state index contributed by atoms with van der Waals surface area (Å²) in [7, 11) is 0. The van der Waals surface area contributed by atoms with E-state index in [1.54, 1.807) is 0 Å². The standard InChI is InChI=1S/C12H24O/c1-4-11(2)7-5-6-8-12(3)9-10-13/h10-12H,4-9H2,1-3H3. The number of aldehydes is 1. The van der Waals surface area contributed by atoms with E-state index in [1.807, 2.05) is 0 Å². The topological polar surface area (TPSA) is 17.1 Å². The lowest BCUT2D eigenvalue weighted by molar-refractivity contribution is -0.108.